The van der Waals surface area contributed by atoms with Crippen LogP contribution in [0.15, 0.2) is 0 Å². The van der Waals surface area contributed by atoms with E-state index in [2.05, 4.69) is 18.9 Å². The number of hydrogen-bond acceptors (Lipinski definition) is 6. The zero-order valence-electron chi connectivity index (χ0n) is 15.2. The number of nitro groups is 1. The first-order chi connectivity index (χ1) is 12.0. The van der Waals surface area contributed by atoms with Crippen molar-refractivity contribution in [2.45, 2.75) is 57.7 Å². The molecule has 1 aliphatic rings. The van der Waals surface area contributed by atoms with E-state index in [0.29, 0.717) is 23.4 Å². The van der Waals surface area contributed by atoms with Gasteiger partial charge in [0.25, 0.3) is 5.91 Å². The van der Waals surface area contributed by atoms with Gasteiger partial charge in [0, 0.05) is 13.1 Å². The Balaban J connectivity index is 2.37. The minimum Gasteiger partial charge on any atom is -0.332 e. The molecule has 0 saturated carbocycles. The number of likely N-dealkylation sites (tertiary alicyclic amines) is 1. The Bertz CT molecular complexity index is 629. The van der Waals surface area contributed by atoms with Crippen LogP contribution in [0.4, 0.5) is 5.69 Å². The van der Waals surface area contributed by atoms with Crippen LogP contribution in [-0.2, 0) is 6.54 Å². The molecule has 1 fully saturated rings. The molecule has 0 spiro atoms. The first-order valence-corrected chi connectivity index (χ1v) is 10.8. The maximum absolute atomic E-state index is 13.2. The number of carbonyl (C=O) groups is 1. The lowest BCUT2D eigenvalue weighted by molar-refractivity contribution is -0.385. The number of thioether (sulfide) groups is 2. The van der Waals surface area contributed by atoms with Crippen LogP contribution < -0.4 is 0 Å². The Kier molecular flexibility index (Phi) is 7.18. The summed E-state index contributed by atoms with van der Waals surface area (Å²) in [6, 6.07) is 0.113. The van der Waals surface area contributed by atoms with Crippen LogP contribution in [-0.4, -0.2) is 54.2 Å². The Labute approximate surface area is 157 Å². The predicted octanol–water partition coefficient (Wildman–Crippen LogP) is 3.56. The number of hydrogen-bond donors (Lipinski definition) is 0. The smallest absolute Gasteiger partial charge is 0.322 e. The van der Waals surface area contributed by atoms with Gasteiger partial charge in [0.05, 0.1) is 15.5 Å². The van der Waals surface area contributed by atoms with Gasteiger partial charge in [-0.25, -0.2) is 0 Å². The lowest BCUT2D eigenvalue weighted by Crippen LogP contribution is -2.41. The van der Waals surface area contributed by atoms with Crippen LogP contribution in [0.1, 0.15) is 49.8 Å². The molecule has 1 saturated heterocycles. The van der Waals surface area contributed by atoms with E-state index in [-0.39, 0.29) is 23.3 Å². The molecule has 7 nitrogen and oxygen atoms in total. The first-order valence-electron chi connectivity index (χ1n) is 8.72. The molecular weight excluding hydrogens is 360 g/mol. The summed E-state index contributed by atoms with van der Waals surface area (Å²) < 4.78 is 1.78. The topological polar surface area (TPSA) is 81.3 Å². The first kappa shape index (κ1) is 20.1. The third kappa shape index (κ3) is 4.13. The quantitative estimate of drug-likeness (QED) is 0.386. The summed E-state index contributed by atoms with van der Waals surface area (Å²) in [5, 5.41) is 15.7. The van der Waals surface area contributed by atoms with Crippen molar-refractivity contribution in [1.82, 2.24) is 14.7 Å². The summed E-state index contributed by atoms with van der Waals surface area (Å²) in [6.07, 6.45) is 1.89. The number of rotatable bonds is 8. The van der Waals surface area contributed by atoms with E-state index in [0.717, 1.165) is 24.3 Å². The van der Waals surface area contributed by atoms with Gasteiger partial charge in [-0.3, -0.25) is 19.6 Å². The van der Waals surface area contributed by atoms with Crippen molar-refractivity contribution in [3.63, 3.8) is 0 Å². The molecular formula is C16H26N4O3S2. The standard InChI is InChI=1S/C16H26N4O3S2/c1-5-19-14(13(20(22)23)11(4)17-19)15(21)18-10-8-9-12(18)16(24-6-2)25-7-3/h12,16H,5-10H2,1-4H3/t12-/m0/s1. The van der Waals surface area contributed by atoms with Gasteiger partial charge in [0.15, 0.2) is 0 Å². The van der Waals surface area contributed by atoms with Crippen LogP contribution in [0.25, 0.3) is 0 Å². The minimum absolute atomic E-state index is 0.113. The Hall–Kier alpha value is -1.22. The maximum atomic E-state index is 13.2. The van der Waals surface area contributed by atoms with E-state index in [4.69, 9.17) is 0 Å². The SMILES string of the molecule is CCSC(SCC)[C@@H]1CCCN1C(=O)c1c([N+](=O)[O-])c(C)nn1CC. The normalized spacial score (nSPS) is 17.5. The third-order valence-corrected chi connectivity index (χ3v) is 7.09. The van der Waals surface area contributed by atoms with Crippen LogP contribution in [0.5, 0.6) is 0 Å². The molecule has 0 radical (unpaired) electrons. The summed E-state index contributed by atoms with van der Waals surface area (Å²) in [6.45, 7) is 8.76. The molecule has 1 aromatic heterocycles. The van der Waals surface area contributed by atoms with Crippen molar-refractivity contribution in [3.8, 4) is 0 Å². The van der Waals surface area contributed by atoms with Gasteiger partial charge in [-0.1, -0.05) is 13.8 Å². The van der Waals surface area contributed by atoms with Crippen molar-refractivity contribution in [3.05, 3.63) is 21.5 Å². The molecule has 1 atom stereocenters. The molecule has 9 heteroatoms. The molecule has 2 heterocycles. The van der Waals surface area contributed by atoms with Crippen molar-refractivity contribution in [2.24, 2.45) is 0 Å². The monoisotopic (exact) mass is 386 g/mol. The van der Waals surface area contributed by atoms with Crippen LogP contribution >= 0.6 is 23.5 Å². The highest BCUT2D eigenvalue weighted by atomic mass is 32.2. The second-order valence-electron chi connectivity index (χ2n) is 5.84. The number of nitrogens with zero attached hydrogens (tertiary/aromatic N) is 4. The summed E-state index contributed by atoms with van der Waals surface area (Å²) in [7, 11) is 0. The minimum atomic E-state index is -0.480. The highest BCUT2D eigenvalue weighted by Gasteiger charge is 2.40. The lowest BCUT2D eigenvalue weighted by Gasteiger charge is -2.30. The molecule has 0 unspecified atom stereocenters. The van der Waals surface area contributed by atoms with E-state index in [1.54, 1.807) is 6.92 Å². The average Bonchev–Trinajstić information content (AvgIpc) is 3.18. The van der Waals surface area contributed by atoms with Gasteiger partial charge in [-0.2, -0.15) is 5.10 Å². The van der Waals surface area contributed by atoms with Crippen LogP contribution in [0, 0.1) is 17.0 Å². The highest BCUT2D eigenvalue weighted by Crippen LogP contribution is 2.36. The van der Waals surface area contributed by atoms with Crippen LogP contribution in [0.2, 0.25) is 0 Å². The van der Waals surface area contributed by atoms with Gasteiger partial charge in [0.1, 0.15) is 5.69 Å². The van der Waals surface area contributed by atoms with E-state index in [1.165, 1.54) is 4.68 Å². The van der Waals surface area contributed by atoms with Crippen molar-refractivity contribution in [1.29, 1.82) is 0 Å². The predicted molar refractivity (Wildman–Crippen MR) is 103 cm³/mol. The lowest BCUT2D eigenvalue weighted by atomic mass is 10.2. The number of aryl methyl sites for hydroxylation is 2. The molecule has 25 heavy (non-hydrogen) atoms. The highest BCUT2D eigenvalue weighted by molar-refractivity contribution is 8.17. The Morgan fingerprint density at radius 1 is 1.36 bits per heavy atom. The molecule has 1 amide bonds. The van der Waals surface area contributed by atoms with Crippen molar-refractivity contribution >= 4 is 35.1 Å². The molecule has 2 rings (SSSR count). The van der Waals surface area contributed by atoms with E-state index in [1.807, 2.05) is 35.3 Å². The largest absolute Gasteiger partial charge is 0.332 e. The maximum Gasteiger partial charge on any atom is 0.322 e. The van der Waals surface area contributed by atoms with E-state index < -0.39 is 4.92 Å². The molecule has 140 valence electrons. The van der Waals surface area contributed by atoms with Gasteiger partial charge < -0.3 is 4.90 Å². The van der Waals surface area contributed by atoms with Gasteiger partial charge in [-0.05, 0) is 38.2 Å². The molecule has 0 bridgehead atoms. The van der Waals surface area contributed by atoms with Crippen LogP contribution in [0.3, 0.4) is 0 Å². The summed E-state index contributed by atoms with van der Waals surface area (Å²) in [4.78, 5) is 26.1. The summed E-state index contributed by atoms with van der Waals surface area (Å²) in [5.74, 6) is 1.72. The Morgan fingerprint density at radius 2 is 2.00 bits per heavy atom. The zero-order chi connectivity index (χ0) is 18.6. The molecule has 0 aliphatic carbocycles. The number of amides is 1. The second kappa shape index (κ2) is 8.93. The fourth-order valence-electron chi connectivity index (χ4n) is 3.29. The fourth-order valence-corrected chi connectivity index (χ4v) is 6.16. The Morgan fingerprint density at radius 3 is 2.52 bits per heavy atom. The van der Waals surface area contributed by atoms with Gasteiger partial charge in [-0.15, -0.1) is 23.5 Å². The molecule has 1 aromatic rings. The number of carbonyl (C=O) groups excluding carboxylic acids is 1. The molecule has 0 N–H and O–H groups in total. The number of aromatic nitrogens is 2. The summed E-state index contributed by atoms with van der Waals surface area (Å²) in [5.41, 5.74) is 0.271. The summed E-state index contributed by atoms with van der Waals surface area (Å²) >= 11 is 3.71. The van der Waals surface area contributed by atoms with Gasteiger partial charge >= 0.3 is 5.69 Å². The average molecular weight is 387 g/mol. The fraction of sp³-hybridized carbons (Fsp3) is 0.750. The van der Waals surface area contributed by atoms with Crippen molar-refractivity contribution in [2.75, 3.05) is 18.1 Å². The molecule has 1 aliphatic heterocycles. The van der Waals surface area contributed by atoms with E-state index >= 15 is 0 Å². The van der Waals surface area contributed by atoms with Gasteiger partial charge in [0.2, 0.25) is 5.69 Å². The second-order valence-corrected chi connectivity index (χ2v) is 8.98. The third-order valence-electron chi connectivity index (χ3n) is 4.32. The van der Waals surface area contributed by atoms with E-state index in [9.17, 15) is 14.9 Å². The molecule has 0 aromatic carbocycles. The van der Waals surface area contributed by atoms with Crippen molar-refractivity contribution < 1.29 is 9.72 Å². The zero-order valence-corrected chi connectivity index (χ0v) is 16.9.